The molecule has 5 heteroatoms. The SMILES string of the molecule is CCC(Sc1ncns1)C(N)c1ccccc1. The Hall–Kier alpha value is -0.910. The van der Waals surface area contributed by atoms with E-state index in [1.165, 1.54) is 17.1 Å². The lowest BCUT2D eigenvalue weighted by molar-refractivity contribution is 0.656. The molecule has 0 saturated carbocycles. The first-order valence-electron chi connectivity index (χ1n) is 5.55. The average Bonchev–Trinajstić information content (AvgIpc) is 2.89. The molecule has 2 unspecified atom stereocenters. The first-order valence-corrected chi connectivity index (χ1v) is 7.20. The number of benzene rings is 1. The Morgan fingerprint density at radius 1 is 1.35 bits per heavy atom. The maximum atomic E-state index is 6.30. The van der Waals surface area contributed by atoms with Gasteiger partial charge in [0.2, 0.25) is 0 Å². The van der Waals surface area contributed by atoms with Crippen molar-refractivity contribution >= 4 is 23.3 Å². The van der Waals surface area contributed by atoms with E-state index in [-0.39, 0.29) is 6.04 Å². The lowest BCUT2D eigenvalue weighted by Crippen LogP contribution is -2.23. The van der Waals surface area contributed by atoms with E-state index in [4.69, 9.17) is 5.73 Å². The Morgan fingerprint density at radius 3 is 2.71 bits per heavy atom. The van der Waals surface area contributed by atoms with Gasteiger partial charge in [-0.25, -0.2) is 4.98 Å². The van der Waals surface area contributed by atoms with Crippen LogP contribution in [0.4, 0.5) is 0 Å². The molecule has 0 aliphatic heterocycles. The zero-order chi connectivity index (χ0) is 12.1. The number of aromatic nitrogens is 2. The van der Waals surface area contributed by atoms with Gasteiger partial charge in [-0.1, -0.05) is 49.0 Å². The normalized spacial score (nSPS) is 14.5. The van der Waals surface area contributed by atoms with E-state index in [0.717, 1.165) is 10.8 Å². The Kier molecular flexibility index (Phi) is 4.53. The molecule has 90 valence electrons. The lowest BCUT2D eigenvalue weighted by atomic mass is 10.0. The maximum Gasteiger partial charge on any atom is 0.170 e. The number of nitrogens with two attached hydrogens (primary N) is 1. The molecule has 1 aromatic heterocycles. The molecular formula is C12H15N3S2. The van der Waals surface area contributed by atoms with Crippen molar-refractivity contribution in [3.63, 3.8) is 0 Å². The van der Waals surface area contributed by atoms with Crippen LogP contribution < -0.4 is 5.73 Å². The Bertz CT molecular complexity index is 430. The number of thioether (sulfide) groups is 1. The van der Waals surface area contributed by atoms with Crippen molar-refractivity contribution in [2.45, 2.75) is 29.0 Å². The highest BCUT2D eigenvalue weighted by Crippen LogP contribution is 2.33. The highest BCUT2D eigenvalue weighted by molar-refractivity contribution is 8.01. The minimum Gasteiger partial charge on any atom is -0.323 e. The van der Waals surface area contributed by atoms with E-state index in [1.54, 1.807) is 18.1 Å². The summed E-state index contributed by atoms with van der Waals surface area (Å²) in [5.41, 5.74) is 7.48. The summed E-state index contributed by atoms with van der Waals surface area (Å²) in [7, 11) is 0. The van der Waals surface area contributed by atoms with E-state index in [1.807, 2.05) is 18.2 Å². The second kappa shape index (κ2) is 6.14. The van der Waals surface area contributed by atoms with Crippen LogP contribution in [0.25, 0.3) is 0 Å². The summed E-state index contributed by atoms with van der Waals surface area (Å²) >= 11 is 3.14. The van der Waals surface area contributed by atoms with Crippen molar-refractivity contribution in [3.05, 3.63) is 42.2 Å². The molecule has 0 aliphatic rings. The molecule has 0 aliphatic carbocycles. The lowest BCUT2D eigenvalue weighted by Gasteiger charge is -2.21. The van der Waals surface area contributed by atoms with Crippen molar-refractivity contribution in [1.29, 1.82) is 0 Å². The molecule has 3 nitrogen and oxygen atoms in total. The number of nitrogens with zero attached hydrogens (tertiary/aromatic N) is 2. The van der Waals surface area contributed by atoms with E-state index >= 15 is 0 Å². The third kappa shape index (κ3) is 3.28. The predicted molar refractivity (Wildman–Crippen MR) is 73.2 cm³/mol. The van der Waals surface area contributed by atoms with E-state index < -0.39 is 0 Å². The number of rotatable bonds is 5. The molecule has 0 amide bonds. The van der Waals surface area contributed by atoms with Gasteiger partial charge >= 0.3 is 0 Å². The van der Waals surface area contributed by atoms with Gasteiger partial charge in [-0.05, 0) is 23.5 Å². The second-order valence-corrected chi connectivity index (χ2v) is 5.97. The van der Waals surface area contributed by atoms with Gasteiger partial charge in [0, 0.05) is 11.3 Å². The molecule has 1 heterocycles. The molecule has 0 spiro atoms. The summed E-state index contributed by atoms with van der Waals surface area (Å²) in [6, 6.07) is 10.3. The van der Waals surface area contributed by atoms with Gasteiger partial charge in [0.25, 0.3) is 0 Å². The second-order valence-electron chi connectivity index (χ2n) is 3.71. The van der Waals surface area contributed by atoms with E-state index in [2.05, 4.69) is 28.4 Å². The van der Waals surface area contributed by atoms with Crippen molar-refractivity contribution in [1.82, 2.24) is 9.36 Å². The van der Waals surface area contributed by atoms with Crippen molar-refractivity contribution in [3.8, 4) is 0 Å². The van der Waals surface area contributed by atoms with Gasteiger partial charge in [0.1, 0.15) is 6.33 Å². The Balaban J connectivity index is 2.08. The molecule has 0 fully saturated rings. The molecule has 2 N–H and O–H groups in total. The topological polar surface area (TPSA) is 51.8 Å². The van der Waals surface area contributed by atoms with Crippen LogP contribution in [0.15, 0.2) is 41.0 Å². The van der Waals surface area contributed by atoms with Crippen molar-refractivity contribution in [2.24, 2.45) is 5.73 Å². The fourth-order valence-corrected chi connectivity index (χ4v) is 3.43. The Labute approximate surface area is 110 Å². The molecule has 1 aromatic carbocycles. The summed E-state index contributed by atoms with van der Waals surface area (Å²) < 4.78 is 5.00. The molecule has 0 saturated heterocycles. The Morgan fingerprint density at radius 2 is 2.12 bits per heavy atom. The predicted octanol–water partition coefficient (Wildman–Crippen LogP) is 3.11. The van der Waals surface area contributed by atoms with Gasteiger partial charge < -0.3 is 5.73 Å². The molecular weight excluding hydrogens is 250 g/mol. The van der Waals surface area contributed by atoms with Crippen LogP contribution in [0.2, 0.25) is 0 Å². The summed E-state index contributed by atoms with van der Waals surface area (Å²) in [6.07, 6.45) is 2.61. The molecule has 2 rings (SSSR count). The van der Waals surface area contributed by atoms with Crippen LogP contribution in [0.3, 0.4) is 0 Å². The van der Waals surface area contributed by atoms with E-state index in [0.29, 0.717) is 5.25 Å². The van der Waals surface area contributed by atoms with Crippen LogP contribution in [0, 0.1) is 0 Å². The summed E-state index contributed by atoms with van der Waals surface area (Å²) in [4.78, 5) is 4.19. The monoisotopic (exact) mass is 265 g/mol. The zero-order valence-electron chi connectivity index (χ0n) is 9.61. The largest absolute Gasteiger partial charge is 0.323 e. The summed E-state index contributed by atoms with van der Waals surface area (Å²) in [5.74, 6) is 0. The first kappa shape index (κ1) is 12.5. The van der Waals surface area contributed by atoms with Gasteiger partial charge in [-0.15, -0.1) is 0 Å². The fraction of sp³-hybridized carbons (Fsp3) is 0.333. The van der Waals surface area contributed by atoms with Crippen LogP contribution >= 0.6 is 23.3 Å². The van der Waals surface area contributed by atoms with Crippen LogP contribution in [0.1, 0.15) is 24.9 Å². The zero-order valence-corrected chi connectivity index (χ0v) is 11.2. The van der Waals surface area contributed by atoms with Gasteiger partial charge in [0.15, 0.2) is 4.34 Å². The van der Waals surface area contributed by atoms with Crippen molar-refractivity contribution < 1.29 is 0 Å². The first-order chi connectivity index (χ1) is 8.31. The molecule has 2 aromatic rings. The molecule has 0 bridgehead atoms. The van der Waals surface area contributed by atoms with Crippen LogP contribution in [-0.4, -0.2) is 14.6 Å². The van der Waals surface area contributed by atoms with Gasteiger partial charge in [-0.2, -0.15) is 4.37 Å². The van der Waals surface area contributed by atoms with Crippen LogP contribution in [0.5, 0.6) is 0 Å². The van der Waals surface area contributed by atoms with E-state index in [9.17, 15) is 0 Å². The number of hydrogen-bond acceptors (Lipinski definition) is 5. The number of hydrogen-bond donors (Lipinski definition) is 1. The van der Waals surface area contributed by atoms with Gasteiger partial charge in [0.05, 0.1) is 0 Å². The van der Waals surface area contributed by atoms with Crippen LogP contribution in [-0.2, 0) is 0 Å². The quantitative estimate of drug-likeness (QED) is 0.844. The molecule has 0 radical (unpaired) electrons. The smallest absolute Gasteiger partial charge is 0.170 e. The minimum absolute atomic E-state index is 0.0371. The highest BCUT2D eigenvalue weighted by Gasteiger charge is 2.20. The summed E-state index contributed by atoms with van der Waals surface area (Å²) in [5, 5.41) is 0.338. The minimum atomic E-state index is 0.0371. The average molecular weight is 265 g/mol. The molecule has 2 atom stereocenters. The van der Waals surface area contributed by atoms with Crippen molar-refractivity contribution in [2.75, 3.05) is 0 Å². The molecule has 17 heavy (non-hydrogen) atoms. The standard InChI is InChI=1S/C12H15N3S2/c1-2-10(16-12-14-8-15-17-12)11(13)9-6-4-3-5-7-9/h3-8,10-11H,2,13H2,1H3. The highest BCUT2D eigenvalue weighted by atomic mass is 32.2. The third-order valence-electron chi connectivity index (χ3n) is 2.58. The third-order valence-corrected chi connectivity index (χ3v) is 4.79. The maximum absolute atomic E-state index is 6.30. The summed E-state index contributed by atoms with van der Waals surface area (Å²) in [6.45, 7) is 2.15. The van der Waals surface area contributed by atoms with Gasteiger partial charge in [-0.3, -0.25) is 0 Å². The fourth-order valence-electron chi connectivity index (χ4n) is 1.64.